The minimum Gasteiger partial charge on any atom is -0.508 e. The van der Waals surface area contributed by atoms with Crippen LogP contribution in [-0.2, 0) is 15.0 Å². The number of benzene rings is 2. The molecule has 0 fully saturated rings. The Hall–Kier alpha value is -2.32. The van der Waals surface area contributed by atoms with Crippen LogP contribution in [0.2, 0.25) is 0 Å². The van der Waals surface area contributed by atoms with Crippen LogP contribution in [0.15, 0.2) is 48.5 Å². The van der Waals surface area contributed by atoms with Gasteiger partial charge in [0.15, 0.2) is 0 Å². The van der Waals surface area contributed by atoms with Crippen molar-refractivity contribution < 1.29 is 30.0 Å². The molecule has 0 aliphatic rings. The SMILES string of the molecule is CC(C)(c1ccc(O)cc1)c1ccc(O)cc1.O=C(O)CS.O=C(O)CS. The zero-order valence-electron chi connectivity index (χ0n) is 15.0. The van der Waals surface area contributed by atoms with Crippen LogP contribution in [0.5, 0.6) is 11.5 Å². The highest BCUT2D eigenvalue weighted by Crippen LogP contribution is 2.32. The van der Waals surface area contributed by atoms with Crippen LogP contribution in [0, 0.1) is 0 Å². The third-order valence-corrected chi connectivity index (χ3v) is 3.99. The van der Waals surface area contributed by atoms with E-state index in [4.69, 9.17) is 10.2 Å². The molecule has 2 rings (SSSR count). The topological polar surface area (TPSA) is 115 Å². The quantitative estimate of drug-likeness (QED) is 0.429. The van der Waals surface area contributed by atoms with Gasteiger partial charge in [-0.3, -0.25) is 9.59 Å². The lowest BCUT2D eigenvalue weighted by Crippen LogP contribution is -2.18. The van der Waals surface area contributed by atoms with Crippen LogP contribution in [0.25, 0.3) is 0 Å². The summed E-state index contributed by atoms with van der Waals surface area (Å²) in [5.41, 5.74) is 2.10. The molecule has 0 heterocycles. The zero-order valence-corrected chi connectivity index (χ0v) is 16.8. The summed E-state index contributed by atoms with van der Waals surface area (Å²) < 4.78 is 0. The van der Waals surface area contributed by atoms with Crippen molar-refractivity contribution in [1.29, 1.82) is 0 Å². The maximum atomic E-state index is 9.30. The van der Waals surface area contributed by atoms with Gasteiger partial charge in [-0.2, -0.15) is 25.3 Å². The van der Waals surface area contributed by atoms with E-state index in [9.17, 15) is 19.8 Å². The fraction of sp³-hybridized carbons (Fsp3) is 0.263. The van der Waals surface area contributed by atoms with Gasteiger partial charge in [0.25, 0.3) is 0 Å². The Labute approximate surface area is 169 Å². The van der Waals surface area contributed by atoms with Crippen LogP contribution < -0.4 is 0 Å². The minimum absolute atomic E-state index is 0.0833. The predicted octanol–water partition coefficient (Wildman–Crippen LogP) is 3.43. The molecule has 0 aromatic heterocycles. The average Bonchev–Trinajstić information content (AvgIpc) is 2.63. The van der Waals surface area contributed by atoms with Crippen molar-refractivity contribution in [3.63, 3.8) is 0 Å². The van der Waals surface area contributed by atoms with E-state index < -0.39 is 11.9 Å². The standard InChI is InChI=1S/C15H16O2.2C2H4O2S/c1-15(2,11-3-7-13(16)8-4-11)12-5-9-14(17)10-6-12;2*3-2(4)1-5/h3-10,16-17H,1-2H3;2*5H,1H2,(H,3,4). The van der Waals surface area contributed by atoms with Gasteiger partial charge >= 0.3 is 11.9 Å². The summed E-state index contributed by atoms with van der Waals surface area (Å²) in [6, 6.07) is 14.4. The molecule has 0 spiro atoms. The molecule has 0 amide bonds. The van der Waals surface area contributed by atoms with Gasteiger partial charge in [-0.25, -0.2) is 0 Å². The highest BCUT2D eigenvalue weighted by molar-refractivity contribution is 7.81. The zero-order chi connectivity index (χ0) is 21.0. The largest absolute Gasteiger partial charge is 0.508 e. The fourth-order valence-electron chi connectivity index (χ4n) is 1.92. The van der Waals surface area contributed by atoms with Crippen molar-refractivity contribution in [1.82, 2.24) is 0 Å². The molecule has 2 aromatic carbocycles. The van der Waals surface area contributed by atoms with Crippen molar-refractivity contribution in [2.24, 2.45) is 0 Å². The number of rotatable bonds is 4. The molecule has 0 saturated carbocycles. The van der Waals surface area contributed by atoms with Crippen molar-refractivity contribution in [3.8, 4) is 11.5 Å². The van der Waals surface area contributed by atoms with Gasteiger partial charge in [0, 0.05) is 5.41 Å². The maximum absolute atomic E-state index is 9.30. The lowest BCUT2D eigenvalue weighted by molar-refractivity contribution is -0.134. The van der Waals surface area contributed by atoms with Crippen molar-refractivity contribution >= 4 is 37.2 Å². The van der Waals surface area contributed by atoms with Crippen molar-refractivity contribution in [3.05, 3.63) is 59.7 Å². The van der Waals surface area contributed by atoms with Crippen molar-refractivity contribution in [2.45, 2.75) is 19.3 Å². The molecule has 6 nitrogen and oxygen atoms in total. The second-order valence-corrected chi connectivity index (χ2v) is 6.45. The molecular formula is C19H24O6S2. The number of phenolic OH excluding ortho intramolecular Hbond substituents is 2. The first-order valence-electron chi connectivity index (χ1n) is 7.78. The molecule has 0 unspecified atom stereocenters. The smallest absolute Gasteiger partial charge is 0.313 e. The van der Waals surface area contributed by atoms with E-state index in [0.29, 0.717) is 0 Å². The number of hydrogen-bond donors (Lipinski definition) is 6. The van der Waals surface area contributed by atoms with Gasteiger partial charge in [0.05, 0.1) is 11.5 Å². The lowest BCUT2D eigenvalue weighted by Gasteiger charge is -2.26. The Kier molecular flexibility index (Phi) is 11.1. The first-order chi connectivity index (χ1) is 12.5. The van der Waals surface area contributed by atoms with Crippen LogP contribution in [0.3, 0.4) is 0 Å². The molecule has 8 heteroatoms. The molecule has 0 aliphatic carbocycles. The normalized spacial score (nSPS) is 9.93. The van der Waals surface area contributed by atoms with Gasteiger partial charge < -0.3 is 20.4 Å². The number of carbonyl (C=O) groups is 2. The summed E-state index contributed by atoms with van der Waals surface area (Å²) >= 11 is 6.83. The lowest BCUT2D eigenvalue weighted by atomic mass is 9.78. The van der Waals surface area contributed by atoms with Crippen molar-refractivity contribution in [2.75, 3.05) is 11.5 Å². The van der Waals surface area contributed by atoms with E-state index >= 15 is 0 Å². The number of aliphatic carboxylic acids is 2. The highest BCUT2D eigenvalue weighted by atomic mass is 32.1. The first-order valence-corrected chi connectivity index (χ1v) is 9.05. The molecule has 0 radical (unpaired) electrons. The monoisotopic (exact) mass is 412 g/mol. The number of carboxylic acid groups (broad SMARTS) is 2. The second kappa shape index (κ2) is 12.1. The maximum Gasteiger partial charge on any atom is 0.313 e. The van der Waals surface area contributed by atoms with Gasteiger partial charge in [-0.15, -0.1) is 0 Å². The first kappa shape index (κ1) is 24.7. The third-order valence-electron chi connectivity index (χ3n) is 3.45. The molecule has 0 bridgehead atoms. The van der Waals surface area contributed by atoms with E-state index in [1.54, 1.807) is 24.3 Å². The van der Waals surface area contributed by atoms with Crippen LogP contribution in [-0.4, -0.2) is 43.9 Å². The van der Waals surface area contributed by atoms with Crippen LogP contribution in [0.4, 0.5) is 0 Å². The molecule has 0 saturated heterocycles. The Morgan fingerprint density at radius 3 is 1.15 bits per heavy atom. The molecule has 27 heavy (non-hydrogen) atoms. The van der Waals surface area contributed by atoms with Gasteiger partial charge in [0.2, 0.25) is 0 Å². The second-order valence-electron chi connectivity index (χ2n) is 5.82. The molecule has 0 atom stereocenters. The summed E-state index contributed by atoms with van der Waals surface area (Å²) in [6.07, 6.45) is 0. The van der Waals surface area contributed by atoms with Crippen LogP contribution in [0.1, 0.15) is 25.0 Å². The Bertz CT molecular complexity index is 650. The minimum atomic E-state index is -0.881. The highest BCUT2D eigenvalue weighted by Gasteiger charge is 2.22. The van der Waals surface area contributed by atoms with Gasteiger partial charge in [-0.1, -0.05) is 38.1 Å². The number of hydrogen-bond acceptors (Lipinski definition) is 6. The number of carboxylic acids is 2. The summed E-state index contributed by atoms with van der Waals surface area (Å²) in [5.74, 6) is -1.38. The van der Waals surface area contributed by atoms with E-state index in [-0.39, 0.29) is 28.4 Å². The fourth-order valence-corrected chi connectivity index (χ4v) is 1.92. The summed E-state index contributed by atoms with van der Waals surface area (Å²) in [4.78, 5) is 18.6. The summed E-state index contributed by atoms with van der Waals surface area (Å²) in [6.45, 7) is 4.23. The Morgan fingerprint density at radius 1 is 0.741 bits per heavy atom. The van der Waals surface area contributed by atoms with Gasteiger partial charge in [0.1, 0.15) is 11.5 Å². The molecular weight excluding hydrogens is 388 g/mol. The third kappa shape index (κ3) is 9.81. The number of aromatic hydroxyl groups is 2. The van der Waals surface area contributed by atoms with E-state index in [1.165, 1.54) is 0 Å². The summed E-state index contributed by atoms with van der Waals surface area (Å²) in [7, 11) is 0. The van der Waals surface area contributed by atoms with Gasteiger partial charge in [-0.05, 0) is 35.4 Å². The number of thiol groups is 2. The van der Waals surface area contributed by atoms with E-state index in [0.717, 1.165) is 11.1 Å². The van der Waals surface area contributed by atoms with E-state index in [1.807, 2.05) is 24.3 Å². The molecule has 0 aliphatic heterocycles. The number of phenols is 2. The average molecular weight is 413 g/mol. The van der Waals surface area contributed by atoms with E-state index in [2.05, 4.69) is 39.1 Å². The molecule has 4 N–H and O–H groups in total. The summed E-state index contributed by atoms with van der Waals surface area (Å²) in [5, 5.41) is 33.9. The predicted molar refractivity (Wildman–Crippen MR) is 111 cm³/mol. The Morgan fingerprint density at radius 2 is 0.963 bits per heavy atom. The molecule has 148 valence electrons. The Balaban J connectivity index is 0.000000563. The van der Waals surface area contributed by atoms with Crippen LogP contribution >= 0.6 is 25.3 Å². The molecule has 2 aromatic rings.